The Hall–Kier alpha value is -1.40. The van der Waals surface area contributed by atoms with E-state index in [0.717, 1.165) is 5.56 Å². The lowest BCUT2D eigenvalue weighted by Gasteiger charge is -2.20. The van der Waals surface area contributed by atoms with Gasteiger partial charge in [-0.25, -0.2) is 9.78 Å². The van der Waals surface area contributed by atoms with Gasteiger partial charge < -0.3 is 9.68 Å². The maximum absolute atomic E-state index is 11.7. The van der Waals surface area contributed by atoms with E-state index in [1.165, 1.54) is 0 Å². The molecule has 0 bridgehead atoms. The molecule has 0 saturated heterocycles. The zero-order chi connectivity index (χ0) is 13.1. The lowest BCUT2D eigenvalue weighted by Crippen LogP contribution is -2.31. The topological polar surface area (TPSA) is 64.4 Å². The Balaban J connectivity index is 2.16. The number of hydrogen-bond acceptors (Lipinski definition) is 4. The molecule has 1 unspecified atom stereocenters. The van der Waals surface area contributed by atoms with Crippen LogP contribution in [0.25, 0.3) is 0 Å². The summed E-state index contributed by atoms with van der Waals surface area (Å²) in [4.78, 5) is 15.5. The Kier molecular flexibility index (Phi) is 3.99. The summed E-state index contributed by atoms with van der Waals surface area (Å²) in [5, 5.41) is 9.17. The molecule has 0 spiro atoms. The number of hydrogen-bond donors (Lipinski definition) is 1. The quantitative estimate of drug-likeness (QED) is 0.795. The van der Waals surface area contributed by atoms with Gasteiger partial charge in [-0.05, 0) is 11.5 Å². The highest BCUT2D eigenvalue weighted by atomic mass is 16.5. The van der Waals surface area contributed by atoms with Gasteiger partial charge in [-0.1, -0.05) is 25.9 Å². The zero-order valence-corrected chi connectivity index (χ0v) is 10.6. The van der Waals surface area contributed by atoms with Crippen molar-refractivity contribution in [3.63, 3.8) is 0 Å². The molecule has 6 heteroatoms. The van der Waals surface area contributed by atoms with Crippen molar-refractivity contribution in [1.29, 1.82) is 0 Å². The van der Waals surface area contributed by atoms with Gasteiger partial charge in [0.15, 0.2) is 0 Å². The Labute approximate surface area is 106 Å². The molecule has 2 rings (SSSR count). The van der Waals surface area contributed by atoms with Gasteiger partial charge >= 0.3 is 12.8 Å². The van der Waals surface area contributed by atoms with E-state index in [9.17, 15) is 9.82 Å². The molecular weight excluding hydrogens is 231 g/mol. The standard InChI is InChI=1S/C12H17BN2O3/c1-9(2)11-5-14-12(16)15(7-11)6-10-3-4-13(17)18-8-10/h3-5,7,9-10,17H,6,8H2,1-2H3. The van der Waals surface area contributed by atoms with Crippen molar-refractivity contribution in [1.82, 2.24) is 9.55 Å². The van der Waals surface area contributed by atoms with E-state index in [4.69, 9.17) is 4.65 Å². The van der Waals surface area contributed by atoms with Crippen molar-refractivity contribution in [2.24, 2.45) is 5.92 Å². The molecule has 2 heterocycles. The second-order valence-electron chi connectivity index (χ2n) is 4.85. The maximum atomic E-state index is 11.7. The third kappa shape index (κ3) is 3.08. The first kappa shape index (κ1) is 13.0. The Morgan fingerprint density at radius 2 is 2.44 bits per heavy atom. The van der Waals surface area contributed by atoms with E-state index < -0.39 is 7.12 Å². The van der Waals surface area contributed by atoms with Gasteiger partial charge in [0.25, 0.3) is 0 Å². The lowest BCUT2D eigenvalue weighted by molar-refractivity contribution is 0.217. The average Bonchev–Trinajstić information content (AvgIpc) is 2.34. The fraction of sp³-hybridized carbons (Fsp3) is 0.500. The van der Waals surface area contributed by atoms with Crippen molar-refractivity contribution >= 4 is 7.12 Å². The highest BCUT2D eigenvalue weighted by molar-refractivity contribution is 6.49. The minimum atomic E-state index is -0.821. The SMILES string of the molecule is CC(C)c1cnc(=O)n(CC2C=CB(O)OC2)c1. The van der Waals surface area contributed by atoms with Crippen LogP contribution in [0.5, 0.6) is 0 Å². The van der Waals surface area contributed by atoms with Crippen LogP contribution in [0.4, 0.5) is 0 Å². The predicted molar refractivity (Wildman–Crippen MR) is 69.1 cm³/mol. The number of rotatable bonds is 3. The molecule has 1 atom stereocenters. The third-order valence-electron chi connectivity index (χ3n) is 3.00. The van der Waals surface area contributed by atoms with Crippen LogP contribution in [-0.4, -0.2) is 28.3 Å². The molecular formula is C12H17BN2O3. The molecule has 1 aliphatic heterocycles. The number of nitrogens with zero attached hydrogens (tertiary/aromatic N) is 2. The van der Waals surface area contributed by atoms with Crippen LogP contribution >= 0.6 is 0 Å². The fourth-order valence-electron chi connectivity index (χ4n) is 1.85. The van der Waals surface area contributed by atoms with E-state index in [0.29, 0.717) is 19.1 Å². The fourth-order valence-corrected chi connectivity index (χ4v) is 1.85. The van der Waals surface area contributed by atoms with Gasteiger partial charge in [0.1, 0.15) is 0 Å². The highest BCUT2D eigenvalue weighted by Crippen LogP contribution is 2.13. The van der Waals surface area contributed by atoms with Gasteiger partial charge in [-0.15, -0.1) is 0 Å². The highest BCUT2D eigenvalue weighted by Gasteiger charge is 2.19. The number of aromatic nitrogens is 2. The Morgan fingerprint density at radius 1 is 1.67 bits per heavy atom. The molecule has 18 heavy (non-hydrogen) atoms. The Bertz CT molecular complexity index is 498. The Morgan fingerprint density at radius 3 is 3.06 bits per heavy atom. The molecule has 1 aliphatic rings. The molecule has 0 aromatic carbocycles. The molecule has 1 N–H and O–H groups in total. The van der Waals surface area contributed by atoms with Gasteiger partial charge in [-0.3, -0.25) is 4.57 Å². The van der Waals surface area contributed by atoms with Crippen molar-refractivity contribution < 1.29 is 9.68 Å². The average molecular weight is 248 g/mol. The summed E-state index contributed by atoms with van der Waals surface area (Å²) in [7, 11) is -0.821. The summed E-state index contributed by atoms with van der Waals surface area (Å²) in [5.41, 5.74) is 0.786. The molecule has 0 radical (unpaired) electrons. The van der Waals surface area contributed by atoms with E-state index in [1.54, 1.807) is 16.7 Å². The summed E-state index contributed by atoms with van der Waals surface area (Å²) in [6.45, 7) is 5.06. The molecule has 1 aromatic rings. The van der Waals surface area contributed by atoms with Crippen LogP contribution < -0.4 is 5.69 Å². The van der Waals surface area contributed by atoms with Crippen LogP contribution in [0.15, 0.2) is 29.2 Å². The molecule has 0 aliphatic carbocycles. The first-order chi connectivity index (χ1) is 8.56. The van der Waals surface area contributed by atoms with Crippen LogP contribution in [-0.2, 0) is 11.2 Å². The maximum Gasteiger partial charge on any atom is 0.483 e. The predicted octanol–water partition coefficient (Wildman–Crippen LogP) is 0.589. The van der Waals surface area contributed by atoms with Gasteiger partial charge in [-0.2, -0.15) is 0 Å². The van der Waals surface area contributed by atoms with Crippen molar-refractivity contribution in [2.45, 2.75) is 26.3 Å². The summed E-state index contributed by atoms with van der Waals surface area (Å²) >= 11 is 0. The molecule has 0 saturated carbocycles. The van der Waals surface area contributed by atoms with E-state index in [2.05, 4.69) is 18.8 Å². The van der Waals surface area contributed by atoms with Crippen molar-refractivity contribution in [3.05, 3.63) is 40.5 Å². The third-order valence-corrected chi connectivity index (χ3v) is 3.00. The minimum absolute atomic E-state index is 0.0929. The van der Waals surface area contributed by atoms with Gasteiger partial charge in [0.2, 0.25) is 0 Å². The largest absolute Gasteiger partial charge is 0.483 e. The smallest absolute Gasteiger partial charge is 0.423 e. The van der Waals surface area contributed by atoms with Crippen LogP contribution in [0.3, 0.4) is 0 Å². The summed E-state index contributed by atoms with van der Waals surface area (Å²) in [5.74, 6) is 2.03. The van der Waals surface area contributed by atoms with E-state index in [-0.39, 0.29) is 11.6 Å². The monoisotopic (exact) mass is 248 g/mol. The lowest BCUT2D eigenvalue weighted by atomic mass is 9.85. The van der Waals surface area contributed by atoms with Gasteiger partial charge in [0, 0.05) is 31.5 Å². The van der Waals surface area contributed by atoms with Crippen molar-refractivity contribution in [3.8, 4) is 0 Å². The first-order valence-electron chi connectivity index (χ1n) is 6.10. The molecule has 1 aromatic heterocycles. The van der Waals surface area contributed by atoms with Crippen LogP contribution in [0.2, 0.25) is 0 Å². The summed E-state index contributed by atoms with van der Waals surface area (Å²) in [6, 6.07) is 0. The molecule has 0 amide bonds. The van der Waals surface area contributed by atoms with Crippen LogP contribution in [0.1, 0.15) is 25.3 Å². The van der Waals surface area contributed by atoms with Crippen molar-refractivity contribution in [2.75, 3.05) is 6.61 Å². The second kappa shape index (κ2) is 5.50. The van der Waals surface area contributed by atoms with Gasteiger partial charge in [0.05, 0.1) is 0 Å². The van der Waals surface area contributed by atoms with E-state index >= 15 is 0 Å². The molecule has 0 fully saturated rings. The second-order valence-corrected chi connectivity index (χ2v) is 4.85. The first-order valence-corrected chi connectivity index (χ1v) is 6.10. The molecule has 5 nitrogen and oxygen atoms in total. The normalized spacial score (nSPS) is 19.6. The summed E-state index contributed by atoms with van der Waals surface area (Å²) in [6.07, 6.45) is 5.35. The summed E-state index contributed by atoms with van der Waals surface area (Å²) < 4.78 is 6.72. The molecule has 96 valence electrons. The minimum Gasteiger partial charge on any atom is -0.423 e. The zero-order valence-electron chi connectivity index (χ0n) is 10.6. The van der Waals surface area contributed by atoms with E-state index in [1.807, 2.05) is 12.3 Å². The van der Waals surface area contributed by atoms with Crippen LogP contribution in [0, 0.1) is 5.92 Å².